The predicted molar refractivity (Wildman–Crippen MR) is 158 cm³/mol. The summed E-state index contributed by atoms with van der Waals surface area (Å²) in [4.78, 5) is 31.3. The van der Waals surface area contributed by atoms with Crippen LogP contribution in [0.3, 0.4) is 0 Å². The van der Waals surface area contributed by atoms with Crippen LogP contribution in [-0.4, -0.2) is 46.4 Å². The quantitative estimate of drug-likeness (QED) is 0.333. The van der Waals surface area contributed by atoms with E-state index in [-0.39, 0.29) is 17.0 Å². The lowest BCUT2D eigenvalue weighted by molar-refractivity contribution is -0.122. The van der Waals surface area contributed by atoms with Crippen molar-refractivity contribution in [2.45, 2.75) is 53.0 Å². The van der Waals surface area contributed by atoms with Crippen molar-refractivity contribution in [2.75, 3.05) is 31.6 Å². The number of piperidine rings is 1. The minimum atomic E-state index is -0.260. The molecule has 0 spiro atoms. The second-order valence-electron chi connectivity index (χ2n) is 9.93. The Bertz CT molecular complexity index is 1360. The van der Waals surface area contributed by atoms with Crippen LogP contribution in [0, 0.1) is 24.2 Å². The number of thioether (sulfide) groups is 1. The Labute approximate surface area is 234 Å². The fourth-order valence-corrected chi connectivity index (χ4v) is 6.44. The lowest BCUT2D eigenvalue weighted by atomic mass is 9.98. The fraction of sp³-hybridized carbons (Fsp3) is 0.448. The standard InChI is InChI=1S/C29H34N4O3S2/c1-5-13-32-26(31-14-6-7-19(2)18-31)23(20(3)24(17-30)27(32)34)16-25-28(35)33(29(37)38-25)15-12-21-8-10-22(36-4)11-9-21/h8-11,16,19H,5-7,12-15,18H2,1-4H3/b25-16+. The Kier molecular flexibility index (Phi) is 8.95. The minimum absolute atomic E-state index is 0.133. The van der Waals surface area contributed by atoms with Gasteiger partial charge in [0.2, 0.25) is 0 Å². The molecular weight excluding hydrogens is 516 g/mol. The average Bonchev–Trinajstić information content (AvgIpc) is 3.18. The summed E-state index contributed by atoms with van der Waals surface area (Å²) < 4.78 is 7.48. The number of anilines is 1. The zero-order valence-corrected chi connectivity index (χ0v) is 24.1. The van der Waals surface area contributed by atoms with Gasteiger partial charge >= 0.3 is 0 Å². The molecule has 2 aliphatic heterocycles. The van der Waals surface area contributed by atoms with Crippen molar-refractivity contribution in [3.8, 4) is 11.8 Å². The number of amides is 1. The van der Waals surface area contributed by atoms with E-state index in [1.54, 1.807) is 16.6 Å². The Morgan fingerprint density at radius 2 is 1.97 bits per heavy atom. The van der Waals surface area contributed by atoms with E-state index in [4.69, 9.17) is 17.0 Å². The zero-order valence-electron chi connectivity index (χ0n) is 22.5. The Morgan fingerprint density at radius 1 is 1.24 bits per heavy atom. The molecule has 0 saturated carbocycles. The highest BCUT2D eigenvalue weighted by Crippen LogP contribution is 2.37. The number of methoxy groups -OCH3 is 1. The summed E-state index contributed by atoms with van der Waals surface area (Å²) in [7, 11) is 1.63. The maximum Gasteiger partial charge on any atom is 0.270 e. The van der Waals surface area contributed by atoms with Gasteiger partial charge in [-0.2, -0.15) is 5.26 Å². The van der Waals surface area contributed by atoms with Gasteiger partial charge in [0, 0.05) is 31.7 Å². The fourth-order valence-electron chi connectivity index (χ4n) is 5.15. The number of ether oxygens (including phenoxy) is 1. The SMILES string of the molecule is CCCn1c(N2CCCC(C)C2)c(/C=C2/SC(=S)N(CCc3ccc(OC)cc3)C2=O)c(C)c(C#N)c1=O. The summed E-state index contributed by atoms with van der Waals surface area (Å²) in [6.45, 7) is 8.71. The van der Waals surface area contributed by atoms with Gasteiger partial charge in [0.1, 0.15) is 27.5 Å². The summed E-state index contributed by atoms with van der Waals surface area (Å²) >= 11 is 6.88. The first kappa shape index (κ1) is 27.9. The Hall–Kier alpha value is -3.09. The van der Waals surface area contributed by atoms with Gasteiger partial charge in [0.25, 0.3) is 11.5 Å². The number of nitrogens with zero attached hydrogens (tertiary/aromatic N) is 4. The van der Waals surface area contributed by atoms with Gasteiger partial charge in [-0.3, -0.25) is 19.1 Å². The van der Waals surface area contributed by atoms with E-state index in [1.165, 1.54) is 11.8 Å². The molecule has 200 valence electrons. The van der Waals surface area contributed by atoms with Crippen LogP contribution in [0.15, 0.2) is 34.0 Å². The number of pyridine rings is 1. The van der Waals surface area contributed by atoms with Gasteiger partial charge in [-0.15, -0.1) is 0 Å². The number of thiocarbonyl (C=S) groups is 1. The first-order valence-corrected chi connectivity index (χ1v) is 14.3. The van der Waals surface area contributed by atoms with Crippen LogP contribution in [0.25, 0.3) is 6.08 Å². The van der Waals surface area contributed by atoms with Gasteiger partial charge in [0.15, 0.2) is 0 Å². The molecule has 7 nitrogen and oxygen atoms in total. The van der Waals surface area contributed by atoms with Crippen molar-refractivity contribution in [2.24, 2.45) is 5.92 Å². The van der Waals surface area contributed by atoms with Crippen LogP contribution in [-0.2, 0) is 17.8 Å². The third kappa shape index (κ3) is 5.67. The average molecular weight is 551 g/mol. The molecule has 38 heavy (non-hydrogen) atoms. The highest BCUT2D eigenvalue weighted by molar-refractivity contribution is 8.26. The summed E-state index contributed by atoms with van der Waals surface area (Å²) in [5.74, 6) is 1.95. The molecule has 1 atom stereocenters. The minimum Gasteiger partial charge on any atom is -0.497 e. The smallest absolute Gasteiger partial charge is 0.270 e. The second-order valence-corrected chi connectivity index (χ2v) is 11.6. The number of hydrogen-bond acceptors (Lipinski definition) is 7. The molecule has 1 aromatic carbocycles. The number of aromatic nitrogens is 1. The second kappa shape index (κ2) is 12.2. The summed E-state index contributed by atoms with van der Waals surface area (Å²) in [6, 6.07) is 9.91. The van der Waals surface area contributed by atoms with Crippen LogP contribution in [0.5, 0.6) is 5.75 Å². The van der Waals surface area contributed by atoms with Crippen molar-refractivity contribution in [3.05, 3.63) is 61.8 Å². The van der Waals surface area contributed by atoms with E-state index < -0.39 is 0 Å². The van der Waals surface area contributed by atoms with Gasteiger partial charge in [0.05, 0.1) is 12.0 Å². The van der Waals surface area contributed by atoms with E-state index in [0.29, 0.717) is 40.2 Å². The van der Waals surface area contributed by atoms with Gasteiger partial charge in [-0.1, -0.05) is 50.0 Å². The molecule has 0 N–H and O–H groups in total. The number of carbonyl (C=O) groups excluding carboxylic acids is 1. The summed E-state index contributed by atoms with van der Waals surface area (Å²) in [6.07, 6.45) is 5.46. The number of nitriles is 1. The molecule has 0 bridgehead atoms. The lowest BCUT2D eigenvalue weighted by Gasteiger charge is -2.36. The predicted octanol–water partition coefficient (Wildman–Crippen LogP) is 5.13. The molecule has 1 unspecified atom stereocenters. The molecule has 2 aromatic rings. The molecule has 0 aliphatic carbocycles. The Morgan fingerprint density at radius 3 is 2.61 bits per heavy atom. The third-order valence-corrected chi connectivity index (χ3v) is 8.56. The molecule has 1 amide bonds. The topological polar surface area (TPSA) is 78.6 Å². The van der Waals surface area contributed by atoms with Crippen molar-refractivity contribution >= 4 is 46.1 Å². The van der Waals surface area contributed by atoms with Crippen LogP contribution in [0.1, 0.15) is 55.4 Å². The van der Waals surface area contributed by atoms with Crippen LogP contribution in [0.4, 0.5) is 5.82 Å². The first-order chi connectivity index (χ1) is 18.3. The van der Waals surface area contributed by atoms with Crippen LogP contribution >= 0.6 is 24.0 Å². The molecule has 2 saturated heterocycles. The molecular formula is C29H34N4O3S2. The maximum atomic E-state index is 13.5. The van der Waals surface area contributed by atoms with E-state index in [0.717, 1.165) is 55.0 Å². The highest BCUT2D eigenvalue weighted by Gasteiger charge is 2.33. The van der Waals surface area contributed by atoms with Gasteiger partial charge in [-0.05, 0) is 67.9 Å². The van der Waals surface area contributed by atoms with E-state index in [1.807, 2.05) is 44.2 Å². The summed E-state index contributed by atoms with van der Waals surface area (Å²) in [5, 5.41) is 9.86. The summed E-state index contributed by atoms with van der Waals surface area (Å²) in [5.41, 5.74) is 2.34. The molecule has 0 radical (unpaired) electrons. The molecule has 2 aliphatic rings. The molecule has 1 aromatic heterocycles. The normalized spacial score (nSPS) is 18.8. The van der Waals surface area contributed by atoms with Crippen molar-refractivity contribution in [1.82, 2.24) is 9.47 Å². The maximum absolute atomic E-state index is 13.5. The monoisotopic (exact) mass is 550 g/mol. The van der Waals surface area contributed by atoms with Gasteiger partial charge < -0.3 is 9.64 Å². The number of carbonyl (C=O) groups is 1. The van der Waals surface area contributed by atoms with Gasteiger partial charge in [-0.25, -0.2) is 0 Å². The van der Waals surface area contributed by atoms with Crippen molar-refractivity contribution in [1.29, 1.82) is 5.26 Å². The van der Waals surface area contributed by atoms with E-state index in [2.05, 4.69) is 17.9 Å². The number of hydrogen-bond donors (Lipinski definition) is 0. The van der Waals surface area contributed by atoms with Crippen molar-refractivity contribution in [3.63, 3.8) is 0 Å². The largest absolute Gasteiger partial charge is 0.497 e. The first-order valence-electron chi connectivity index (χ1n) is 13.1. The zero-order chi connectivity index (χ0) is 27.4. The highest BCUT2D eigenvalue weighted by atomic mass is 32.2. The van der Waals surface area contributed by atoms with Crippen LogP contribution in [0.2, 0.25) is 0 Å². The van der Waals surface area contributed by atoms with E-state index >= 15 is 0 Å². The molecule has 9 heteroatoms. The van der Waals surface area contributed by atoms with Crippen LogP contribution < -0.4 is 15.2 Å². The number of rotatable bonds is 8. The Balaban J connectivity index is 1.72. The number of benzene rings is 1. The molecule has 3 heterocycles. The molecule has 2 fully saturated rings. The van der Waals surface area contributed by atoms with Crippen molar-refractivity contribution < 1.29 is 9.53 Å². The lowest BCUT2D eigenvalue weighted by Crippen LogP contribution is -2.40. The molecule has 4 rings (SSSR count). The van der Waals surface area contributed by atoms with E-state index in [9.17, 15) is 14.9 Å². The third-order valence-electron chi connectivity index (χ3n) is 7.18.